The molecule has 68 valence electrons. The zero-order valence-electron chi connectivity index (χ0n) is 7.43. The highest BCUT2D eigenvalue weighted by Gasteiger charge is 2.10. The number of carbonyl (C=O) groups excluding carboxylic acids is 2. The molecule has 0 aliphatic carbocycles. The highest BCUT2D eigenvalue weighted by atomic mass is 35.5. The van der Waals surface area contributed by atoms with Gasteiger partial charge in [-0.2, -0.15) is 0 Å². The van der Waals surface area contributed by atoms with Crippen molar-refractivity contribution in [2.75, 3.05) is 0 Å². The van der Waals surface area contributed by atoms with Gasteiger partial charge >= 0.3 is 0 Å². The topological polar surface area (TPSA) is 34.1 Å². The molecule has 0 bridgehead atoms. The maximum Gasteiger partial charge on any atom is 0.161 e. The first-order chi connectivity index (χ1) is 6.07. The molecule has 0 amide bonds. The van der Waals surface area contributed by atoms with Gasteiger partial charge in [-0.1, -0.05) is 17.7 Å². The molecule has 0 spiro atoms. The molecule has 13 heavy (non-hydrogen) atoms. The predicted molar refractivity (Wildman–Crippen MR) is 51.6 cm³/mol. The third-order valence-corrected chi connectivity index (χ3v) is 2.42. The fourth-order valence-electron chi connectivity index (χ4n) is 1.10. The van der Waals surface area contributed by atoms with E-state index in [4.69, 9.17) is 11.6 Å². The Morgan fingerprint density at radius 3 is 2.54 bits per heavy atom. The average Bonchev–Trinajstić information content (AvgIpc) is 2.09. The molecule has 0 radical (unpaired) electrons. The maximum absolute atomic E-state index is 11.0. The Balaban J connectivity index is 3.39. The summed E-state index contributed by atoms with van der Waals surface area (Å²) >= 11 is 5.89. The highest BCUT2D eigenvalue weighted by Crippen LogP contribution is 2.23. The van der Waals surface area contributed by atoms with Gasteiger partial charge in [0, 0.05) is 11.1 Å². The van der Waals surface area contributed by atoms with Crippen molar-refractivity contribution in [3.05, 3.63) is 33.8 Å². The second kappa shape index (κ2) is 3.71. The number of hydrogen-bond donors (Lipinski definition) is 0. The summed E-state index contributed by atoms with van der Waals surface area (Å²) in [6.45, 7) is 3.17. The van der Waals surface area contributed by atoms with Crippen molar-refractivity contribution in [3.63, 3.8) is 0 Å². The van der Waals surface area contributed by atoms with Crippen molar-refractivity contribution in [2.24, 2.45) is 0 Å². The number of Topliss-reactive ketones (excluding diaryl/α,β-unsaturated/α-hetero) is 1. The van der Waals surface area contributed by atoms with E-state index in [1.54, 1.807) is 19.1 Å². The standard InChI is InChI=1S/C10H9ClO2/c1-6-8(5-12)3-4-9(7(2)13)10(6)11/h3-5H,1-2H3. The van der Waals surface area contributed by atoms with Crippen molar-refractivity contribution < 1.29 is 9.59 Å². The van der Waals surface area contributed by atoms with Gasteiger partial charge in [-0.3, -0.25) is 9.59 Å². The van der Waals surface area contributed by atoms with E-state index in [0.717, 1.165) is 6.29 Å². The van der Waals surface area contributed by atoms with Crippen LogP contribution in [-0.2, 0) is 0 Å². The predicted octanol–water partition coefficient (Wildman–Crippen LogP) is 2.66. The van der Waals surface area contributed by atoms with Gasteiger partial charge in [0.25, 0.3) is 0 Å². The van der Waals surface area contributed by atoms with Gasteiger partial charge in [-0.15, -0.1) is 0 Å². The van der Waals surface area contributed by atoms with Crippen molar-refractivity contribution in [1.29, 1.82) is 0 Å². The zero-order chi connectivity index (χ0) is 10.0. The van der Waals surface area contributed by atoms with Crippen LogP contribution in [0.4, 0.5) is 0 Å². The fourth-order valence-corrected chi connectivity index (χ4v) is 1.40. The van der Waals surface area contributed by atoms with Crippen molar-refractivity contribution >= 4 is 23.7 Å². The van der Waals surface area contributed by atoms with Crippen molar-refractivity contribution in [3.8, 4) is 0 Å². The SMILES string of the molecule is CC(=O)c1ccc(C=O)c(C)c1Cl. The van der Waals surface area contributed by atoms with Gasteiger partial charge in [0.2, 0.25) is 0 Å². The maximum atomic E-state index is 11.0. The molecular weight excluding hydrogens is 188 g/mol. The number of halogens is 1. The van der Waals surface area contributed by atoms with Crippen molar-refractivity contribution in [1.82, 2.24) is 0 Å². The summed E-state index contributed by atoms with van der Waals surface area (Å²) in [7, 11) is 0. The quantitative estimate of drug-likeness (QED) is 0.538. The van der Waals surface area contributed by atoms with E-state index in [1.165, 1.54) is 6.92 Å². The second-order valence-electron chi connectivity index (χ2n) is 2.82. The Morgan fingerprint density at radius 1 is 1.46 bits per heavy atom. The smallest absolute Gasteiger partial charge is 0.161 e. The van der Waals surface area contributed by atoms with Crippen LogP contribution in [0.2, 0.25) is 5.02 Å². The molecule has 1 aromatic rings. The van der Waals surface area contributed by atoms with Gasteiger partial charge in [0.15, 0.2) is 5.78 Å². The van der Waals surface area contributed by atoms with Crippen molar-refractivity contribution in [2.45, 2.75) is 13.8 Å². The fraction of sp³-hybridized carbons (Fsp3) is 0.200. The number of ketones is 1. The summed E-state index contributed by atoms with van der Waals surface area (Å²) in [5.74, 6) is -0.0921. The Bertz CT molecular complexity index is 369. The van der Waals surface area contributed by atoms with Gasteiger partial charge < -0.3 is 0 Å². The highest BCUT2D eigenvalue weighted by molar-refractivity contribution is 6.35. The number of benzene rings is 1. The molecule has 0 aromatic heterocycles. The molecule has 0 N–H and O–H groups in total. The summed E-state index contributed by atoms with van der Waals surface area (Å²) in [5.41, 5.74) is 1.64. The molecule has 0 atom stereocenters. The average molecular weight is 197 g/mol. The summed E-state index contributed by atoms with van der Waals surface area (Å²) in [6.07, 6.45) is 0.727. The molecule has 1 aromatic carbocycles. The largest absolute Gasteiger partial charge is 0.298 e. The summed E-state index contributed by atoms with van der Waals surface area (Å²) in [4.78, 5) is 21.6. The first-order valence-electron chi connectivity index (χ1n) is 3.83. The van der Waals surface area contributed by atoms with Crippen LogP contribution in [-0.4, -0.2) is 12.1 Å². The third kappa shape index (κ3) is 1.78. The second-order valence-corrected chi connectivity index (χ2v) is 3.19. The third-order valence-electron chi connectivity index (χ3n) is 1.93. The van der Waals surface area contributed by atoms with E-state index in [1.807, 2.05) is 0 Å². The van der Waals surface area contributed by atoms with Crippen LogP contribution in [0.3, 0.4) is 0 Å². The minimum atomic E-state index is -0.0921. The molecule has 1 rings (SSSR count). The first-order valence-corrected chi connectivity index (χ1v) is 4.21. The molecular formula is C10H9ClO2. The zero-order valence-corrected chi connectivity index (χ0v) is 8.18. The summed E-state index contributed by atoms with van der Waals surface area (Å²) in [6, 6.07) is 3.17. The number of carbonyl (C=O) groups is 2. The number of rotatable bonds is 2. The molecule has 0 fully saturated rings. The lowest BCUT2D eigenvalue weighted by molar-refractivity contribution is 0.101. The summed E-state index contributed by atoms with van der Waals surface area (Å²) in [5, 5.41) is 0.372. The van der Waals surface area contributed by atoms with Crippen LogP contribution in [0.1, 0.15) is 33.2 Å². The van der Waals surface area contributed by atoms with E-state index in [0.29, 0.717) is 21.7 Å². The van der Waals surface area contributed by atoms with Crippen LogP contribution in [0.15, 0.2) is 12.1 Å². The lowest BCUT2D eigenvalue weighted by Gasteiger charge is -2.05. The van der Waals surface area contributed by atoms with Crippen LogP contribution in [0.25, 0.3) is 0 Å². The Hall–Kier alpha value is -1.15. The van der Waals surface area contributed by atoms with Crippen LogP contribution in [0.5, 0.6) is 0 Å². The summed E-state index contributed by atoms with van der Waals surface area (Å²) < 4.78 is 0. The molecule has 0 aliphatic heterocycles. The number of aldehydes is 1. The van der Waals surface area contributed by atoms with Gasteiger partial charge in [-0.05, 0) is 25.5 Å². The van der Waals surface area contributed by atoms with Gasteiger partial charge in [0.05, 0.1) is 5.02 Å². The monoisotopic (exact) mass is 196 g/mol. The molecule has 2 nitrogen and oxygen atoms in total. The molecule has 0 aliphatic rings. The minimum Gasteiger partial charge on any atom is -0.298 e. The lowest BCUT2D eigenvalue weighted by atomic mass is 10.0. The van der Waals surface area contributed by atoms with E-state index in [-0.39, 0.29) is 5.78 Å². The van der Waals surface area contributed by atoms with Crippen LogP contribution < -0.4 is 0 Å². The van der Waals surface area contributed by atoms with Gasteiger partial charge in [0.1, 0.15) is 6.29 Å². The molecule has 3 heteroatoms. The lowest BCUT2D eigenvalue weighted by Crippen LogP contribution is -1.97. The molecule has 0 unspecified atom stereocenters. The van der Waals surface area contributed by atoms with E-state index in [9.17, 15) is 9.59 Å². The van der Waals surface area contributed by atoms with E-state index >= 15 is 0 Å². The Labute approximate surface area is 81.5 Å². The van der Waals surface area contributed by atoms with Crippen LogP contribution >= 0.6 is 11.6 Å². The van der Waals surface area contributed by atoms with E-state index < -0.39 is 0 Å². The van der Waals surface area contributed by atoms with Crippen LogP contribution in [0, 0.1) is 6.92 Å². The Kier molecular flexibility index (Phi) is 2.83. The molecule has 0 saturated carbocycles. The van der Waals surface area contributed by atoms with Gasteiger partial charge in [-0.25, -0.2) is 0 Å². The normalized spacial score (nSPS) is 9.77. The minimum absolute atomic E-state index is 0.0921. The Morgan fingerprint density at radius 2 is 2.08 bits per heavy atom. The number of hydrogen-bond acceptors (Lipinski definition) is 2. The molecule has 0 heterocycles. The van der Waals surface area contributed by atoms with E-state index in [2.05, 4.69) is 0 Å². The first kappa shape index (κ1) is 9.93. The molecule has 0 saturated heterocycles.